The van der Waals surface area contributed by atoms with Crippen molar-refractivity contribution >= 4 is 34.2 Å². The molecule has 0 aliphatic heterocycles. The first kappa shape index (κ1) is 24.5. The molecule has 0 radical (unpaired) electrons. The number of ether oxygens (including phenoxy) is 1. The maximum Gasteiger partial charge on any atom is 0.260 e. The summed E-state index contributed by atoms with van der Waals surface area (Å²) in [5.41, 5.74) is 2.04. The summed E-state index contributed by atoms with van der Waals surface area (Å²) in [5.74, 6) is -0.233. The van der Waals surface area contributed by atoms with Gasteiger partial charge in [0.15, 0.2) is 0 Å². The predicted molar refractivity (Wildman–Crippen MR) is 141 cm³/mol. The zero-order valence-electron chi connectivity index (χ0n) is 19.9. The third-order valence-corrected chi connectivity index (χ3v) is 5.55. The highest BCUT2D eigenvalue weighted by Crippen LogP contribution is 2.29. The molecule has 0 aliphatic rings. The minimum Gasteiger partial charge on any atom is -0.493 e. The van der Waals surface area contributed by atoms with E-state index in [1.165, 1.54) is 0 Å². The van der Waals surface area contributed by atoms with E-state index < -0.39 is 0 Å². The molecule has 0 spiro atoms. The highest BCUT2D eigenvalue weighted by molar-refractivity contribution is 6.15. The summed E-state index contributed by atoms with van der Waals surface area (Å²) in [7, 11) is 0. The Labute approximate surface area is 209 Å². The average molecular weight is 482 g/mol. The summed E-state index contributed by atoms with van der Waals surface area (Å²) < 4.78 is 5.70. The van der Waals surface area contributed by atoms with Gasteiger partial charge in [-0.3, -0.25) is 14.4 Å². The first-order valence-corrected chi connectivity index (χ1v) is 11.7. The number of nitrogens with one attached hydrogen (secondary N) is 3. The molecule has 36 heavy (non-hydrogen) atoms. The molecular weight excluding hydrogens is 454 g/mol. The van der Waals surface area contributed by atoms with Crippen LogP contribution in [0.2, 0.25) is 0 Å². The van der Waals surface area contributed by atoms with Crippen molar-refractivity contribution < 1.29 is 19.1 Å². The molecule has 4 aromatic carbocycles. The smallest absolute Gasteiger partial charge is 0.260 e. The van der Waals surface area contributed by atoms with Gasteiger partial charge in [-0.15, -0.1) is 0 Å². The molecule has 0 atom stereocenters. The Kier molecular flexibility index (Phi) is 7.93. The molecule has 0 bridgehead atoms. The van der Waals surface area contributed by atoms with Gasteiger partial charge in [-0.25, -0.2) is 0 Å². The van der Waals surface area contributed by atoms with E-state index in [0.717, 1.165) is 10.8 Å². The normalized spacial score (nSPS) is 10.5. The summed E-state index contributed by atoms with van der Waals surface area (Å²) in [6, 6.07) is 26.9. The zero-order chi connectivity index (χ0) is 25.3. The van der Waals surface area contributed by atoms with Crippen molar-refractivity contribution in [3.63, 3.8) is 0 Å². The summed E-state index contributed by atoms with van der Waals surface area (Å²) >= 11 is 0. The van der Waals surface area contributed by atoms with Crippen LogP contribution < -0.4 is 20.7 Å². The lowest BCUT2D eigenvalue weighted by Gasteiger charge is -2.14. The van der Waals surface area contributed by atoms with Crippen molar-refractivity contribution in [1.82, 2.24) is 10.6 Å². The Hall–Kier alpha value is -4.65. The van der Waals surface area contributed by atoms with Crippen molar-refractivity contribution in [3.8, 4) is 5.75 Å². The van der Waals surface area contributed by atoms with E-state index in [2.05, 4.69) is 16.0 Å². The Morgan fingerprint density at radius 1 is 0.667 bits per heavy atom. The maximum absolute atomic E-state index is 13.2. The lowest BCUT2D eigenvalue weighted by Crippen LogP contribution is -2.34. The molecular formula is C29H27N3O4. The molecule has 0 fully saturated rings. The summed E-state index contributed by atoms with van der Waals surface area (Å²) in [4.78, 5) is 37.7. The number of hydrogen-bond donors (Lipinski definition) is 3. The Balaban J connectivity index is 1.35. The Morgan fingerprint density at radius 2 is 1.28 bits per heavy atom. The van der Waals surface area contributed by atoms with Gasteiger partial charge in [-0.2, -0.15) is 0 Å². The average Bonchev–Trinajstić information content (AvgIpc) is 2.91. The maximum atomic E-state index is 13.2. The van der Waals surface area contributed by atoms with Crippen LogP contribution in [-0.2, 0) is 0 Å². The van der Waals surface area contributed by atoms with E-state index >= 15 is 0 Å². The minimum absolute atomic E-state index is 0.191. The molecule has 0 saturated heterocycles. The first-order chi connectivity index (χ1) is 17.6. The molecule has 182 valence electrons. The van der Waals surface area contributed by atoms with Gasteiger partial charge in [-0.1, -0.05) is 48.5 Å². The molecule has 3 amide bonds. The van der Waals surface area contributed by atoms with Crippen LogP contribution in [0.5, 0.6) is 5.75 Å². The number of amides is 3. The van der Waals surface area contributed by atoms with Gasteiger partial charge < -0.3 is 20.7 Å². The van der Waals surface area contributed by atoms with Crippen molar-refractivity contribution in [2.24, 2.45) is 0 Å². The van der Waals surface area contributed by atoms with Gasteiger partial charge in [0.2, 0.25) is 0 Å². The molecule has 7 heteroatoms. The molecule has 3 N–H and O–H groups in total. The molecule has 4 aromatic rings. The summed E-state index contributed by atoms with van der Waals surface area (Å²) in [6.07, 6.45) is 0. The van der Waals surface area contributed by atoms with Crippen LogP contribution in [0.1, 0.15) is 38.0 Å². The first-order valence-electron chi connectivity index (χ1n) is 11.7. The monoisotopic (exact) mass is 481 g/mol. The quantitative estimate of drug-likeness (QED) is 0.303. The van der Waals surface area contributed by atoms with Crippen molar-refractivity contribution in [3.05, 3.63) is 108 Å². The van der Waals surface area contributed by atoms with Gasteiger partial charge in [0.25, 0.3) is 17.7 Å². The molecule has 0 saturated carbocycles. The number of rotatable bonds is 9. The van der Waals surface area contributed by atoms with Crippen LogP contribution >= 0.6 is 0 Å². The fraction of sp³-hybridized carbons (Fsp3) is 0.138. The van der Waals surface area contributed by atoms with Crippen molar-refractivity contribution in [2.75, 3.05) is 25.0 Å². The third kappa shape index (κ3) is 5.88. The van der Waals surface area contributed by atoms with Gasteiger partial charge in [0, 0.05) is 29.9 Å². The van der Waals surface area contributed by atoms with Crippen LogP contribution in [0.4, 0.5) is 5.69 Å². The van der Waals surface area contributed by atoms with Crippen LogP contribution in [0.15, 0.2) is 91.0 Å². The van der Waals surface area contributed by atoms with E-state index in [0.29, 0.717) is 41.3 Å². The Morgan fingerprint density at radius 3 is 1.94 bits per heavy atom. The molecule has 4 rings (SSSR count). The van der Waals surface area contributed by atoms with E-state index in [1.807, 2.05) is 43.3 Å². The highest BCUT2D eigenvalue weighted by Gasteiger charge is 2.17. The second-order valence-corrected chi connectivity index (χ2v) is 8.00. The zero-order valence-corrected chi connectivity index (χ0v) is 19.9. The van der Waals surface area contributed by atoms with Gasteiger partial charge >= 0.3 is 0 Å². The SMILES string of the molecule is CCOc1ccc2ccccc2c1C(=O)Nc1ccc(C(=O)NCCNC(=O)c2ccccc2)cc1. The molecule has 0 aliphatic carbocycles. The predicted octanol–water partition coefficient (Wildman–Crippen LogP) is 4.65. The standard InChI is InChI=1S/C29H27N3O4/c1-2-36-25-17-14-20-8-6-7-11-24(20)26(25)29(35)32-23-15-12-22(13-16-23)28(34)31-19-18-30-27(33)21-9-4-3-5-10-21/h3-17H,2,18-19H2,1H3,(H,30,33)(H,31,34)(H,32,35). The second-order valence-electron chi connectivity index (χ2n) is 8.00. The molecule has 0 aromatic heterocycles. The van der Waals surface area contributed by atoms with Crippen molar-refractivity contribution in [2.45, 2.75) is 6.92 Å². The van der Waals surface area contributed by atoms with Crippen LogP contribution in [0, 0.1) is 0 Å². The Bertz CT molecular complexity index is 1370. The summed E-state index contributed by atoms with van der Waals surface area (Å²) in [6.45, 7) is 2.91. The number of anilines is 1. The van der Waals surface area contributed by atoms with Crippen LogP contribution in [0.3, 0.4) is 0 Å². The van der Waals surface area contributed by atoms with Crippen molar-refractivity contribution in [1.29, 1.82) is 0 Å². The number of carbonyl (C=O) groups excluding carboxylic acids is 3. The van der Waals surface area contributed by atoms with Gasteiger partial charge in [0.05, 0.1) is 12.2 Å². The molecule has 0 unspecified atom stereocenters. The van der Waals surface area contributed by atoms with Gasteiger partial charge in [0.1, 0.15) is 5.75 Å². The van der Waals surface area contributed by atoms with Gasteiger partial charge in [-0.05, 0) is 60.2 Å². The lowest BCUT2D eigenvalue weighted by molar-refractivity contribution is 0.0927. The number of benzene rings is 4. The largest absolute Gasteiger partial charge is 0.493 e. The summed E-state index contributed by atoms with van der Waals surface area (Å²) in [5, 5.41) is 10.2. The number of carbonyl (C=O) groups is 3. The lowest BCUT2D eigenvalue weighted by atomic mass is 10.0. The molecule has 0 heterocycles. The number of fused-ring (bicyclic) bond motifs is 1. The van der Waals surface area contributed by atoms with E-state index in [-0.39, 0.29) is 24.3 Å². The van der Waals surface area contributed by atoms with E-state index in [4.69, 9.17) is 4.74 Å². The van der Waals surface area contributed by atoms with Crippen LogP contribution in [-0.4, -0.2) is 37.4 Å². The topological polar surface area (TPSA) is 96.5 Å². The van der Waals surface area contributed by atoms with Crippen LogP contribution in [0.25, 0.3) is 10.8 Å². The molecule has 7 nitrogen and oxygen atoms in total. The fourth-order valence-corrected chi connectivity index (χ4v) is 3.81. The third-order valence-electron chi connectivity index (χ3n) is 5.55. The fourth-order valence-electron chi connectivity index (χ4n) is 3.81. The van der Waals surface area contributed by atoms with E-state index in [1.54, 1.807) is 54.6 Å². The second kappa shape index (κ2) is 11.7. The number of hydrogen-bond acceptors (Lipinski definition) is 4. The minimum atomic E-state index is -0.290. The highest BCUT2D eigenvalue weighted by atomic mass is 16.5. The van der Waals surface area contributed by atoms with E-state index in [9.17, 15) is 14.4 Å².